The summed E-state index contributed by atoms with van der Waals surface area (Å²) in [6, 6.07) is 13.9. The van der Waals surface area contributed by atoms with Crippen molar-refractivity contribution >= 4 is 48.8 Å². The molecule has 116 valence electrons. The Morgan fingerprint density at radius 1 is 0.826 bits per heavy atom. The molecular formula is C17H14N2O2Se2. The quantitative estimate of drug-likeness (QED) is 0.457. The number of hydrogen-bond donors (Lipinski definition) is 0. The average molecular weight is 436 g/mol. The maximum absolute atomic E-state index is 12.5. The topological polar surface area (TPSA) is 44.0 Å². The van der Waals surface area contributed by atoms with E-state index in [1.54, 1.807) is 0 Å². The standard InChI is InChI=1S/C17H14N2O2Se2/c1-11-6-7-15-13(10-11)17(21)19(23-15)9-8-18-16(20)12-4-2-3-5-14(12)22-18/h2-7,10H,8-9H2,1H3. The molecule has 4 rings (SSSR count). The van der Waals surface area contributed by atoms with Gasteiger partial charge >= 0.3 is 145 Å². The van der Waals surface area contributed by atoms with Crippen LogP contribution < -0.4 is 11.1 Å². The molecule has 0 unspecified atom stereocenters. The molecular weight excluding hydrogens is 422 g/mol. The van der Waals surface area contributed by atoms with Gasteiger partial charge < -0.3 is 0 Å². The Balaban J connectivity index is 1.68. The van der Waals surface area contributed by atoms with Crippen LogP contribution in [0.25, 0.3) is 19.3 Å². The van der Waals surface area contributed by atoms with Gasteiger partial charge in [0.1, 0.15) is 0 Å². The van der Waals surface area contributed by atoms with E-state index in [4.69, 9.17) is 0 Å². The zero-order valence-electron chi connectivity index (χ0n) is 12.5. The summed E-state index contributed by atoms with van der Waals surface area (Å²) in [5.74, 6) is 0. The summed E-state index contributed by atoms with van der Waals surface area (Å²) in [7, 11) is 0. The number of aromatic nitrogens is 2. The van der Waals surface area contributed by atoms with Crippen LogP contribution in [0.15, 0.2) is 52.1 Å². The third-order valence-corrected chi connectivity index (χ3v) is 8.57. The molecule has 0 atom stereocenters. The van der Waals surface area contributed by atoms with E-state index in [9.17, 15) is 9.59 Å². The van der Waals surface area contributed by atoms with Crippen molar-refractivity contribution < 1.29 is 0 Å². The maximum atomic E-state index is 12.5. The van der Waals surface area contributed by atoms with E-state index < -0.39 is 0 Å². The number of rotatable bonds is 3. The van der Waals surface area contributed by atoms with Gasteiger partial charge in [-0.2, -0.15) is 0 Å². The summed E-state index contributed by atoms with van der Waals surface area (Å²) >= 11 is 0.0651. The van der Waals surface area contributed by atoms with Crippen LogP contribution in [0.4, 0.5) is 0 Å². The van der Waals surface area contributed by atoms with E-state index in [-0.39, 0.29) is 40.6 Å². The van der Waals surface area contributed by atoms with Gasteiger partial charge in [-0.3, -0.25) is 0 Å². The Morgan fingerprint density at radius 2 is 1.43 bits per heavy atom. The molecule has 6 heteroatoms. The third-order valence-electron chi connectivity index (χ3n) is 3.86. The van der Waals surface area contributed by atoms with Gasteiger partial charge in [-0.15, -0.1) is 0 Å². The summed E-state index contributed by atoms with van der Waals surface area (Å²) in [6.45, 7) is 3.24. The van der Waals surface area contributed by atoms with Crippen LogP contribution in [0, 0.1) is 6.92 Å². The molecule has 0 aliphatic heterocycles. The zero-order chi connectivity index (χ0) is 16.0. The van der Waals surface area contributed by atoms with Crippen LogP contribution in [-0.4, -0.2) is 36.6 Å². The molecule has 0 amide bonds. The molecule has 4 aromatic rings. The number of fused-ring (bicyclic) bond motifs is 2. The molecule has 2 heterocycles. The van der Waals surface area contributed by atoms with Crippen molar-refractivity contribution in [2.75, 3.05) is 0 Å². The van der Waals surface area contributed by atoms with Gasteiger partial charge in [0.2, 0.25) is 0 Å². The molecule has 0 saturated carbocycles. The second-order valence-corrected chi connectivity index (χ2v) is 9.95. The second kappa shape index (κ2) is 5.81. The van der Waals surface area contributed by atoms with Crippen LogP contribution in [0.3, 0.4) is 0 Å². The molecule has 0 saturated heterocycles. The molecule has 23 heavy (non-hydrogen) atoms. The molecule has 2 aromatic carbocycles. The van der Waals surface area contributed by atoms with Crippen molar-refractivity contribution in [1.82, 2.24) is 7.12 Å². The molecule has 0 N–H and O–H groups in total. The van der Waals surface area contributed by atoms with E-state index >= 15 is 0 Å². The van der Waals surface area contributed by atoms with Gasteiger partial charge in [-0.1, -0.05) is 0 Å². The fourth-order valence-electron chi connectivity index (χ4n) is 2.68. The van der Waals surface area contributed by atoms with Crippen LogP contribution in [0.5, 0.6) is 0 Å². The molecule has 0 fully saturated rings. The van der Waals surface area contributed by atoms with Crippen molar-refractivity contribution in [3.63, 3.8) is 0 Å². The van der Waals surface area contributed by atoms with Gasteiger partial charge in [0.25, 0.3) is 0 Å². The molecule has 0 bridgehead atoms. The molecule has 2 aromatic heterocycles. The van der Waals surface area contributed by atoms with Crippen molar-refractivity contribution in [3.05, 3.63) is 68.7 Å². The molecule has 0 spiro atoms. The number of aryl methyl sites for hydroxylation is 3. The van der Waals surface area contributed by atoms with Gasteiger partial charge in [0, 0.05) is 0 Å². The summed E-state index contributed by atoms with van der Waals surface area (Å²) in [6.07, 6.45) is 0. The first-order valence-electron chi connectivity index (χ1n) is 7.33. The molecule has 0 aliphatic rings. The Morgan fingerprint density at radius 3 is 2.13 bits per heavy atom. The van der Waals surface area contributed by atoms with Gasteiger partial charge in [-0.05, 0) is 0 Å². The van der Waals surface area contributed by atoms with Gasteiger partial charge in [0.05, 0.1) is 0 Å². The third kappa shape index (κ3) is 2.62. The monoisotopic (exact) mass is 438 g/mol. The first-order chi connectivity index (χ1) is 11.1. The number of benzene rings is 2. The first kappa shape index (κ1) is 15.0. The predicted octanol–water partition coefficient (Wildman–Crippen LogP) is 1.44. The SMILES string of the molecule is Cc1ccc2[se]n(CCn3[se]c4ccccc4c3=O)c(=O)c2c1. The fourth-order valence-corrected chi connectivity index (χ4v) is 6.77. The summed E-state index contributed by atoms with van der Waals surface area (Å²) < 4.78 is 6.09. The van der Waals surface area contributed by atoms with E-state index in [0.29, 0.717) is 13.1 Å². The van der Waals surface area contributed by atoms with E-state index in [2.05, 4.69) is 12.1 Å². The summed E-state index contributed by atoms with van der Waals surface area (Å²) in [5, 5.41) is 1.66. The second-order valence-electron chi connectivity index (χ2n) is 5.49. The Hall–Kier alpha value is -1.58. The van der Waals surface area contributed by atoms with E-state index in [1.807, 2.05) is 44.4 Å². The van der Waals surface area contributed by atoms with Crippen LogP contribution in [-0.2, 0) is 13.1 Å². The zero-order valence-corrected chi connectivity index (χ0v) is 15.9. The van der Waals surface area contributed by atoms with Crippen LogP contribution in [0.2, 0.25) is 0 Å². The first-order valence-corrected chi connectivity index (χ1v) is 10.6. The number of hydrogen-bond acceptors (Lipinski definition) is 2. The van der Waals surface area contributed by atoms with Gasteiger partial charge in [0.15, 0.2) is 0 Å². The fraction of sp³-hybridized carbons (Fsp3) is 0.176. The summed E-state index contributed by atoms with van der Waals surface area (Å²) in [4.78, 5) is 24.9. The average Bonchev–Trinajstić information content (AvgIpc) is 3.04. The van der Waals surface area contributed by atoms with Crippen molar-refractivity contribution in [1.29, 1.82) is 0 Å². The van der Waals surface area contributed by atoms with E-state index in [0.717, 1.165) is 24.9 Å². The van der Waals surface area contributed by atoms with E-state index in [1.165, 1.54) is 0 Å². The molecule has 0 aliphatic carbocycles. The van der Waals surface area contributed by atoms with Crippen molar-refractivity contribution in [2.45, 2.75) is 20.0 Å². The Bertz CT molecular complexity index is 1130. The molecule has 0 radical (unpaired) electrons. The molecule has 4 nitrogen and oxygen atoms in total. The van der Waals surface area contributed by atoms with Crippen LogP contribution >= 0.6 is 0 Å². The minimum absolute atomic E-state index is 0.0305. The summed E-state index contributed by atoms with van der Waals surface area (Å²) in [5.41, 5.74) is 1.33. The minimum atomic E-state index is 0.0305. The Labute approximate surface area is 144 Å². The van der Waals surface area contributed by atoms with Crippen molar-refractivity contribution in [3.8, 4) is 0 Å². The van der Waals surface area contributed by atoms with Crippen molar-refractivity contribution in [2.24, 2.45) is 0 Å². The normalized spacial score (nSPS) is 11.5. The van der Waals surface area contributed by atoms with Crippen LogP contribution in [0.1, 0.15) is 5.56 Å². The number of nitrogens with zero attached hydrogens (tertiary/aromatic N) is 2. The Kier molecular flexibility index (Phi) is 3.78. The predicted molar refractivity (Wildman–Crippen MR) is 95.0 cm³/mol. The van der Waals surface area contributed by atoms with Gasteiger partial charge in [-0.25, -0.2) is 0 Å².